The van der Waals surface area contributed by atoms with Crippen LogP contribution in [0.25, 0.3) is 0 Å². The van der Waals surface area contributed by atoms with Crippen molar-refractivity contribution in [1.82, 2.24) is 9.88 Å². The molecule has 15 heteroatoms. The van der Waals surface area contributed by atoms with Gasteiger partial charge in [-0.15, -0.1) is 0 Å². The number of hydrogen-bond acceptors (Lipinski definition) is 11. The Balaban J connectivity index is 1.90. The Morgan fingerprint density at radius 2 is 1.51 bits per heavy atom. The monoisotopic (exact) mass is 652 g/mol. The van der Waals surface area contributed by atoms with Gasteiger partial charge in [0.1, 0.15) is 11.6 Å². The average molecular weight is 653 g/mol. The number of nitrogens with one attached hydrogen (secondary N) is 1. The molecule has 4 rings (SSSR count). The van der Waals surface area contributed by atoms with Gasteiger partial charge in [0.05, 0.1) is 26.4 Å². The number of nitrogen functional groups attached to an aromatic ring is 1. The summed E-state index contributed by atoms with van der Waals surface area (Å²) in [7, 11) is 5.60. The summed E-state index contributed by atoms with van der Waals surface area (Å²) in [5.74, 6) is -8.87. The summed E-state index contributed by atoms with van der Waals surface area (Å²) in [4.78, 5) is 30.2. The number of hydrogen-bond donors (Lipinski definition) is 3. The van der Waals surface area contributed by atoms with Gasteiger partial charge in [0.25, 0.3) is 17.7 Å². The number of ether oxygens (including phenoxy) is 6. The van der Waals surface area contributed by atoms with Crippen LogP contribution in [0.3, 0.4) is 0 Å². The van der Waals surface area contributed by atoms with Crippen LogP contribution in [-0.4, -0.2) is 67.6 Å². The van der Waals surface area contributed by atoms with E-state index in [4.69, 9.17) is 39.6 Å². The highest BCUT2D eigenvalue weighted by atomic mass is 19.1. The van der Waals surface area contributed by atoms with Gasteiger partial charge < -0.3 is 44.2 Å². The molecule has 246 valence electrons. The standard InChI is InChI=1S/C32H30F2N4O9/c1-6-44-32(41)18-14-22(42-4)26(43-5)23(15-18)46-27-24(33)29(45-19-9-7-8-17(12-19)31(40)38(2)3)37-30(25(27)34)47-21-13-16(28(35)36)10-11-20(21)39/h7-15,39H,6H2,1-5H3,(H3,35,36). The van der Waals surface area contributed by atoms with Crippen LogP contribution < -0.4 is 29.4 Å². The van der Waals surface area contributed by atoms with Gasteiger partial charge in [0, 0.05) is 25.2 Å². The summed E-state index contributed by atoms with van der Waals surface area (Å²) in [6.07, 6.45) is 0. The number of nitrogens with two attached hydrogens (primary N) is 1. The van der Waals surface area contributed by atoms with E-state index in [1.165, 1.54) is 55.5 Å². The van der Waals surface area contributed by atoms with Crippen LogP contribution >= 0.6 is 0 Å². The zero-order valence-corrected chi connectivity index (χ0v) is 25.8. The van der Waals surface area contributed by atoms with Gasteiger partial charge in [0.2, 0.25) is 23.1 Å². The highest BCUT2D eigenvalue weighted by molar-refractivity contribution is 5.95. The van der Waals surface area contributed by atoms with Crippen LogP contribution in [0.1, 0.15) is 33.2 Å². The molecule has 0 radical (unpaired) electrons. The molecule has 0 unspecified atom stereocenters. The largest absolute Gasteiger partial charge is 0.504 e. The molecule has 0 atom stereocenters. The molecule has 3 aromatic carbocycles. The van der Waals surface area contributed by atoms with Crippen molar-refractivity contribution in [2.75, 3.05) is 34.9 Å². The lowest BCUT2D eigenvalue weighted by Gasteiger charge is -2.18. The first-order chi connectivity index (χ1) is 22.4. The molecule has 0 bridgehead atoms. The van der Waals surface area contributed by atoms with E-state index in [0.717, 1.165) is 18.2 Å². The second-order valence-corrected chi connectivity index (χ2v) is 9.74. The average Bonchev–Trinajstić information content (AvgIpc) is 3.05. The Morgan fingerprint density at radius 1 is 0.851 bits per heavy atom. The molecule has 1 heterocycles. The number of nitrogens with zero attached hydrogens (tertiary/aromatic N) is 2. The highest BCUT2D eigenvalue weighted by Crippen LogP contribution is 2.45. The number of aromatic hydroxyl groups is 1. The topological polar surface area (TPSA) is 176 Å². The number of phenolic OH excluding ortho intramolecular Hbond substituents is 1. The number of carbonyl (C=O) groups is 2. The van der Waals surface area contributed by atoms with Crippen molar-refractivity contribution in [3.63, 3.8) is 0 Å². The van der Waals surface area contributed by atoms with Crippen LogP contribution in [0.15, 0.2) is 54.6 Å². The normalized spacial score (nSPS) is 10.5. The number of benzene rings is 3. The third kappa shape index (κ3) is 7.41. The lowest BCUT2D eigenvalue weighted by atomic mass is 10.2. The van der Waals surface area contributed by atoms with Crippen LogP contribution in [-0.2, 0) is 4.74 Å². The lowest BCUT2D eigenvalue weighted by molar-refractivity contribution is 0.0525. The van der Waals surface area contributed by atoms with Gasteiger partial charge in [-0.05, 0) is 55.5 Å². The fourth-order valence-electron chi connectivity index (χ4n) is 4.08. The number of rotatable bonds is 12. The van der Waals surface area contributed by atoms with E-state index in [1.807, 2.05) is 0 Å². The molecule has 47 heavy (non-hydrogen) atoms. The van der Waals surface area contributed by atoms with Crippen LogP contribution in [0.4, 0.5) is 8.78 Å². The number of amides is 1. The fraction of sp³-hybridized carbons (Fsp3) is 0.188. The first-order valence-corrected chi connectivity index (χ1v) is 13.7. The van der Waals surface area contributed by atoms with E-state index in [1.54, 1.807) is 21.0 Å². The van der Waals surface area contributed by atoms with E-state index in [9.17, 15) is 14.7 Å². The predicted molar refractivity (Wildman–Crippen MR) is 163 cm³/mol. The van der Waals surface area contributed by atoms with Crippen molar-refractivity contribution in [3.8, 4) is 52.0 Å². The molecule has 0 aliphatic rings. The number of methoxy groups -OCH3 is 2. The first kappa shape index (κ1) is 33.8. The van der Waals surface area contributed by atoms with E-state index in [2.05, 4.69) is 4.98 Å². The Morgan fingerprint density at radius 3 is 2.13 bits per heavy atom. The molecule has 1 aromatic heterocycles. The van der Waals surface area contributed by atoms with Crippen molar-refractivity contribution in [3.05, 3.63) is 82.9 Å². The molecule has 0 aliphatic heterocycles. The number of amidine groups is 1. The summed E-state index contributed by atoms with van der Waals surface area (Å²) in [6, 6.07) is 11.7. The Hall–Kier alpha value is -6.12. The van der Waals surface area contributed by atoms with Crippen LogP contribution in [0.5, 0.6) is 52.0 Å². The van der Waals surface area contributed by atoms with E-state index >= 15 is 8.78 Å². The minimum atomic E-state index is -1.50. The summed E-state index contributed by atoms with van der Waals surface area (Å²) >= 11 is 0. The summed E-state index contributed by atoms with van der Waals surface area (Å²) < 4.78 is 64.7. The number of esters is 1. The number of aromatic nitrogens is 1. The van der Waals surface area contributed by atoms with Gasteiger partial charge in [-0.3, -0.25) is 10.2 Å². The summed E-state index contributed by atoms with van der Waals surface area (Å²) in [5.41, 5.74) is 5.76. The lowest BCUT2D eigenvalue weighted by Crippen LogP contribution is -2.21. The molecule has 4 aromatic rings. The van der Waals surface area contributed by atoms with Crippen molar-refractivity contribution in [1.29, 1.82) is 5.41 Å². The van der Waals surface area contributed by atoms with Crippen molar-refractivity contribution in [2.24, 2.45) is 5.73 Å². The van der Waals surface area contributed by atoms with Crippen molar-refractivity contribution < 1.29 is 51.9 Å². The Labute approximate surface area is 267 Å². The third-order valence-corrected chi connectivity index (χ3v) is 6.32. The van der Waals surface area contributed by atoms with Gasteiger partial charge >= 0.3 is 5.97 Å². The molecule has 13 nitrogen and oxygen atoms in total. The molecular weight excluding hydrogens is 622 g/mol. The summed E-state index contributed by atoms with van der Waals surface area (Å²) in [6.45, 7) is 1.63. The van der Waals surface area contributed by atoms with Crippen LogP contribution in [0.2, 0.25) is 0 Å². The van der Waals surface area contributed by atoms with E-state index in [-0.39, 0.29) is 58.0 Å². The molecule has 0 saturated carbocycles. The Kier molecular flexibility index (Phi) is 10.3. The number of phenols is 1. The minimum absolute atomic E-state index is 0.0239. The Bertz CT molecular complexity index is 1850. The molecule has 1 amide bonds. The molecule has 4 N–H and O–H groups in total. The maximum Gasteiger partial charge on any atom is 0.338 e. The first-order valence-electron chi connectivity index (χ1n) is 13.7. The van der Waals surface area contributed by atoms with Gasteiger partial charge in [-0.2, -0.15) is 13.8 Å². The third-order valence-electron chi connectivity index (χ3n) is 6.32. The number of carbonyl (C=O) groups excluding carboxylic acids is 2. The second-order valence-electron chi connectivity index (χ2n) is 9.74. The molecule has 0 fully saturated rings. The highest BCUT2D eigenvalue weighted by Gasteiger charge is 2.29. The zero-order chi connectivity index (χ0) is 34.4. The molecule has 0 saturated heterocycles. The molecular formula is C32H30F2N4O9. The zero-order valence-electron chi connectivity index (χ0n) is 25.8. The maximum atomic E-state index is 16.1. The molecule has 0 spiro atoms. The van der Waals surface area contributed by atoms with Gasteiger partial charge in [-0.25, -0.2) is 4.79 Å². The summed E-state index contributed by atoms with van der Waals surface area (Å²) in [5, 5.41) is 18.0. The van der Waals surface area contributed by atoms with Crippen molar-refractivity contribution in [2.45, 2.75) is 6.92 Å². The van der Waals surface area contributed by atoms with Crippen molar-refractivity contribution >= 4 is 17.7 Å². The maximum absolute atomic E-state index is 16.1. The second kappa shape index (κ2) is 14.3. The minimum Gasteiger partial charge on any atom is -0.504 e. The molecule has 0 aliphatic carbocycles. The van der Waals surface area contributed by atoms with E-state index < -0.39 is 46.6 Å². The quantitative estimate of drug-likeness (QED) is 0.0983. The predicted octanol–water partition coefficient (Wildman–Crippen LogP) is 5.62. The smallest absolute Gasteiger partial charge is 0.338 e. The van der Waals surface area contributed by atoms with Crippen LogP contribution in [0, 0.1) is 17.0 Å². The number of pyridine rings is 1. The van der Waals surface area contributed by atoms with Gasteiger partial charge in [-0.1, -0.05) is 6.07 Å². The number of halogens is 2. The van der Waals surface area contributed by atoms with Gasteiger partial charge in [0.15, 0.2) is 23.0 Å². The SMILES string of the molecule is CCOC(=O)c1cc(OC)c(OC)c(Oc2c(F)c(Oc3cccc(C(=O)N(C)C)c3)nc(Oc3cc(C(=N)N)ccc3O)c2F)c1. The van der Waals surface area contributed by atoms with E-state index in [0.29, 0.717) is 0 Å². The fourth-order valence-corrected chi connectivity index (χ4v) is 4.08.